The molecule has 2 unspecified atom stereocenters. The van der Waals surface area contributed by atoms with Crippen LogP contribution >= 0.6 is 0 Å². The Hall–Kier alpha value is -2.11. The zero-order valence-corrected chi connectivity index (χ0v) is 19.5. The van der Waals surface area contributed by atoms with Crippen molar-refractivity contribution in [1.29, 1.82) is 0 Å². The molecule has 0 spiro atoms. The first kappa shape index (κ1) is 22.1. The van der Waals surface area contributed by atoms with Gasteiger partial charge >= 0.3 is 0 Å². The molecule has 2 aromatic rings. The Labute approximate surface area is 186 Å². The SMILES string of the molecule is Cc1cc(C(=O)Nc2ccccc2CN2CC(C)OC(C)C2)c(C)n1C1CCCCC1. The molecule has 1 saturated carbocycles. The third kappa shape index (κ3) is 5.04. The van der Waals surface area contributed by atoms with E-state index in [1.54, 1.807) is 0 Å². The van der Waals surface area contributed by atoms with Gasteiger partial charge in [0.15, 0.2) is 0 Å². The lowest BCUT2D eigenvalue weighted by molar-refractivity contribution is -0.0704. The second-order valence-electron chi connectivity index (χ2n) is 9.51. The van der Waals surface area contributed by atoms with E-state index < -0.39 is 0 Å². The zero-order chi connectivity index (χ0) is 22.0. The van der Waals surface area contributed by atoms with Gasteiger partial charge in [-0.2, -0.15) is 0 Å². The third-order valence-corrected chi connectivity index (χ3v) is 6.82. The molecule has 1 saturated heterocycles. The van der Waals surface area contributed by atoms with E-state index in [1.807, 2.05) is 18.2 Å². The molecule has 31 heavy (non-hydrogen) atoms. The van der Waals surface area contributed by atoms with Crippen molar-refractivity contribution >= 4 is 11.6 Å². The number of para-hydroxylation sites is 1. The lowest BCUT2D eigenvalue weighted by Crippen LogP contribution is -2.44. The van der Waals surface area contributed by atoms with Gasteiger partial charge in [0.05, 0.1) is 17.8 Å². The van der Waals surface area contributed by atoms with Crippen molar-refractivity contribution in [1.82, 2.24) is 9.47 Å². The number of carbonyl (C=O) groups excluding carboxylic acids is 1. The van der Waals surface area contributed by atoms with Crippen molar-refractivity contribution in [3.8, 4) is 0 Å². The van der Waals surface area contributed by atoms with Crippen molar-refractivity contribution < 1.29 is 9.53 Å². The predicted molar refractivity (Wildman–Crippen MR) is 126 cm³/mol. The van der Waals surface area contributed by atoms with Crippen LogP contribution in [-0.4, -0.2) is 40.7 Å². The van der Waals surface area contributed by atoms with E-state index in [9.17, 15) is 4.79 Å². The van der Waals surface area contributed by atoms with Crippen LogP contribution < -0.4 is 5.32 Å². The van der Waals surface area contributed by atoms with Gasteiger partial charge in [0.25, 0.3) is 5.91 Å². The Kier molecular flexibility index (Phi) is 6.83. The first-order valence-electron chi connectivity index (χ1n) is 11.9. The molecule has 1 aromatic heterocycles. The highest BCUT2D eigenvalue weighted by atomic mass is 16.5. The van der Waals surface area contributed by atoms with Gasteiger partial charge in [-0.05, 0) is 58.2 Å². The molecular formula is C26H37N3O2. The highest BCUT2D eigenvalue weighted by molar-refractivity contribution is 6.05. The first-order chi connectivity index (χ1) is 14.9. The minimum Gasteiger partial charge on any atom is -0.373 e. The number of carbonyl (C=O) groups is 1. The normalized spacial score (nSPS) is 23.1. The summed E-state index contributed by atoms with van der Waals surface area (Å²) in [6.45, 7) is 11.1. The Morgan fingerprint density at radius 1 is 1.06 bits per heavy atom. The molecule has 2 heterocycles. The van der Waals surface area contributed by atoms with E-state index in [4.69, 9.17) is 4.74 Å². The smallest absolute Gasteiger partial charge is 0.257 e. The number of anilines is 1. The molecule has 1 amide bonds. The monoisotopic (exact) mass is 423 g/mol. The molecule has 5 heteroatoms. The third-order valence-electron chi connectivity index (χ3n) is 6.82. The summed E-state index contributed by atoms with van der Waals surface area (Å²) >= 11 is 0. The summed E-state index contributed by atoms with van der Waals surface area (Å²) < 4.78 is 8.27. The molecule has 168 valence electrons. The summed E-state index contributed by atoms with van der Waals surface area (Å²) in [5.41, 5.74) is 5.14. The van der Waals surface area contributed by atoms with Gasteiger partial charge in [-0.15, -0.1) is 0 Å². The first-order valence-corrected chi connectivity index (χ1v) is 11.9. The Morgan fingerprint density at radius 2 is 1.74 bits per heavy atom. The Bertz CT molecular complexity index is 903. The molecule has 2 fully saturated rings. The van der Waals surface area contributed by atoms with E-state index in [0.717, 1.165) is 42.1 Å². The van der Waals surface area contributed by atoms with Crippen molar-refractivity contribution in [2.24, 2.45) is 0 Å². The number of ether oxygens (including phenoxy) is 1. The lowest BCUT2D eigenvalue weighted by atomic mass is 9.95. The van der Waals surface area contributed by atoms with Crippen molar-refractivity contribution in [2.45, 2.75) is 84.6 Å². The van der Waals surface area contributed by atoms with E-state index in [2.05, 4.69) is 54.6 Å². The topological polar surface area (TPSA) is 46.5 Å². The molecule has 1 aromatic carbocycles. The number of morpholine rings is 1. The summed E-state index contributed by atoms with van der Waals surface area (Å²) in [7, 11) is 0. The summed E-state index contributed by atoms with van der Waals surface area (Å²) in [6.07, 6.45) is 6.81. The Morgan fingerprint density at radius 3 is 2.45 bits per heavy atom. The molecule has 1 aliphatic carbocycles. The molecule has 1 N–H and O–H groups in total. The highest BCUT2D eigenvalue weighted by Gasteiger charge is 2.25. The van der Waals surface area contributed by atoms with Gasteiger partial charge in [-0.3, -0.25) is 9.69 Å². The fourth-order valence-electron chi connectivity index (χ4n) is 5.53. The van der Waals surface area contributed by atoms with Crippen LogP contribution in [0.1, 0.15) is 79.3 Å². The second kappa shape index (κ2) is 9.58. The van der Waals surface area contributed by atoms with Crippen LogP contribution in [-0.2, 0) is 11.3 Å². The average Bonchev–Trinajstić information content (AvgIpc) is 3.03. The molecule has 5 nitrogen and oxygen atoms in total. The number of amides is 1. The molecule has 2 atom stereocenters. The maximum absolute atomic E-state index is 13.3. The highest BCUT2D eigenvalue weighted by Crippen LogP contribution is 2.32. The lowest BCUT2D eigenvalue weighted by Gasteiger charge is -2.35. The Balaban J connectivity index is 1.50. The molecular weight excluding hydrogens is 386 g/mol. The molecule has 0 radical (unpaired) electrons. The summed E-state index contributed by atoms with van der Waals surface area (Å²) in [5.74, 6) is -0.00803. The van der Waals surface area contributed by atoms with Crippen molar-refractivity contribution in [3.05, 3.63) is 52.8 Å². The van der Waals surface area contributed by atoms with E-state index in [1.165, 1.54) is 37.8 Å². The minimum absolute atomic E-state index is 0.00803. The minimum atomic E-state index is -0.00803. The van der Waals surface area contributed by atoms with Crippen LogP contribution in [0.4, 0.5) is 5.69 Å². The van der Waals surface area contributed by atoms with Gasteiger partial charge in [-0.25, -0.2) is 0 Å². The number of aromatic nitrogens is 1. The molecule has 0 bridgehead atoms. The number of aryl methyl sites for hydroxylation is 1. The van der Waals surface area contributed by atoms with E-state index in [0.29, 0.717) is 6.04 Å². The zero-order valence-electron chi connectivity index (χ0n) is 19.5. The van der Waals surface area contributed by atoms with Gasteiger partial charge in [0.2, 0.25) is 0 Å². The average molecular weight is 424 g/mol. The standard InChI is InChI=1S/C26H37N3O2/c1-18-14-24(21(4)29(18)23-11-6-5-7-12-23)26(30)27-25-13-9-8-10-22(25)17-28-15-19(2)31-20(3)16-28/h8-10,13-14,19-20,23H,5-7,11-12,15-17H2,1-4H3,(H,27,30). The molecule has 4 rings (SSSR count). The van der Waals surface area contributed by atoms with E-state index >= 15 is 0 Å². The molecule has 2 aliphatic rings. The summed E-state index contributed by atoms with van der Waals surface area (Å²) in [5, 5.41) is 3.21. The maximum Gasteiger partial charge on any atom is 0.257 e. The predicted octanol–water partition coefficient (Wildman–Crippen LogP) is 5.47. The number of benzene rings is 1. The number of nitrogens with one attached hydrogen (secondary N) is 1. The van der Waals surface area contributed by atoms with Gasteiger partial charge in [0, 0.05) is 42.8 Å². The second-order valence-corrected chi connectivity index (χ2v) is 9.51. The van der Waals surface area contributed by atoms with Crippen LogP contribution in [0, 0.1) is 13.8 Å². The summed E-state index contributed by atoms with van der Waals surface area (Å²) in [6, 6.07) is 10.8. The van der Waals surface area contributed by atoms with Gasteiger partial charge in [0.1, 0.15) is 0 Å². The van der Waals surface area contributed by atoms with Crippen molar-refractivity contribution in [3.63, 3.8) is 0 Å². The fraction of sp³-hybridized carbons (Fsp3) is 0.577. The number of rotatable bonds is 5. The number of hydrogen-bond donors (Lipinski definition) is 1. The maximum atomic E-state index is 13.3. The number of nitrogens with zero attached hydrogens (tertiary/aromatic N) is 2. The van der Waals surface area contributed by atoms with Crippen LogP contribution in [0.2, 0.25) is 0 Å². The molecule has 1 aliphatic heterocycles. The quantitative estimate of drug-likeness (QED) is 0.693. The fourth-order valence-corrected chi connectivity index (χ4v) is 5.53. The van der Waals surface area contributed by atoms with Crippen LogP contribution in [0.25, 0.3) is 0 Å². The van der Waals surface area contributed by atoms with Gasteiger partial charge in [-0.1, -0.05) is 37.5 Å². The van der Waals surface area contributed by atoms with E-state index in [-0.39, 0.29) is 18.1 Å². The van der Waals surface area contributed by atoms with Crippen LogP contribution in [0.3, 0.4) is 0 Å². The van der Waals surface area contributed by atoms with Crippen molar-refractivity contribution in [2.75, 3.05) is 18.4 Å². The van der Waals surface area contributed by atoms with Crippen LogP contribution in [0.5, 0.6) is 0 Å². The number of hydrogen-bond acceptors (Lipinski definition) is 3. The largest absolute Gasteiger partial charge is 0.373 e. The van der Waals surface area contributed by atoms with Crippen LogP contribution in [0.15, 0.2) is 30.3 Å². The summed E-state index contributed by atoms with van der Waals surface area (Å²) in [4.78, 5) is 15.7. The van der Waals surface area contributed by atoms with Gasteiger partial charge < -0.3 is 14.6 Å².